The highest BCUT2D eigenvalue weighted by Gasteiger charge is 2.32. The third-order valence-corrected chi connectivity index (χ3v) is 7.16. The van der Waals surface area contributed by atoms with E-state index in [1.54, 1.807) is 48.0 Å². The van der Waals surface area contributed by atoms with Crippen LogP contribution in [0.15, 0.2) is 63.3 Å². The number of amides is 1. The molecule has 3 rings (SSSR count). The van der Waals surface area contributed by atoms with E-state index in [9.17, 15) is 13.2 Å². The highest BCUT2D eigenvalue weighted by atomic mass is 32.2. The summed E-state index contributed by atoms with van der Waals surface area (Å²) in [5.41, 5.74) is 1.56. The van der Waals surface area contributed by atoms with Crippen molar-refractivity contribution in [2.75, 3.05) is 13.3 Å². The molecule has 0 saturated carbocycles. The fourth-order valence-electron chi connectivity index (χ4n) is 3.36. The van der Waals surface area contributed by atoms with Gasteiger partial charge in [0.25, 0.3) is 10.0 Å². The Hall–Kier alpha value is -2.32. The lowest BCUT2D eigenvalue weighted by Gasteiger charge is -2.22. The summed E-state index contributed by atoms with van der Waals surface area (Å²) in [5.74, 6) is 0.131. The van der Waals surface area contributed by atoms with Crippen LogP contribution in [-0.2, 0) is 21.4 Å². The summed E-state index contributed by atoms with van der Waals surface area (Å²) in [6.07, 6.45) is 4.35. The lowest BCUT2D eigenvalue weighted by Crippen LogP contribution is -2.36. The lowest BCUT2D eigenvalue weighted by atomic mass is 10.1. The van der Waals surface area contributed by atoms with Crippen LogP contribution in [0.25, 0.3) is 0 Å². The zero-order chi connectivity index (χ0) is 21.7. The zero-order valence-electron chi connectivity index (χ0n) is 17.5. The van der Waals surface area contributed by atoms with Crippen LogP contribution in [0.3, 0.4) is 0 Å². The number of unbranched alkanes of at least 4 members (excludes halogenated alkanes) is 1. The standard InChI is InChI=1S/C22H27N3O3S2/c1-4-5-9-19(22(26)25(2)15-16-11-13-17(29-3)14-12-16)23-21-18-8-6-7-10-20(18)30(27,28)24-21/h6-8,10-14,19H,4-5,9,15H2,1-3H3,(H,23,24). The number of hydrogen-bond donors (Lipinski definition) is 1. The van der Waals surface area contributed by atoms with Crippen LogP contribution < -0.4 is 4.72 Å². The molecule has 1 atom stereocenters. The number of fused-ring (bicyclic) bond motifs is 1. The number of sulfonamides is 1. The molecule has 2 aromatic carbocycles. The number of aliphatic imine (C=N–C) groups is 1. The number of nitrogens with one attached hydrogen (secondary N) is 1. The molecule has 1 heterocycles. The predicted molar refractivity (Wildman–Crippen MR) is 121 cm³/mol. The molecule has 1 unspecified atom stereocenters. The van der Waals surface area contributed by atoms with Gasteiger partial charge in [0.2, 0.25) is 5.91 Å². The van der Waals surface area contributed by atoms with Gasteiger partial charge in [-0.05, 0) is 42.5 Å². The summed E-state index contributed by atoms with van der Waals surface area (Å²) < 4.78 is 27.2. The van der Waals surface area contributed by atoms with Crippen LogP contribution in [0.1, 0.15) is 37.3 Å². The van der Waals surface area contributed by atoms with Crippen molar-refractivity contribution in [1.82, 2.24) is 9.62 Å². The molecular weight excluding hydrogens is 418 g/mol. The van der Waals surface area contributed by atoms with Gasteiger partial charge in [-0.1, -0.05) is 44.0 Å². The number of rotatable bonds is 8. The van der Waals surface area contributed by atoms with Gasteiger partial charge in [-0.15, -0.1) is 11.8 Å². The van der Waals surface area contributed by atoms with E-state index in [1.165, 1.54) is 4.90 Å². The lowest BCUT2D eigenvalue weighted by molar-refractivity contribution is -0.131. The van der Waals surface area contributed by atoms with E-state index in [-0.39, 0.29) is 16.6 Å². The Kier molecular flexibility index (Phi) is 7.20. The molecule has 1 aliphatic heterocycles. The number of thioether (sulfide) groups is 1. The average Bonchev–Trinajstić information content (AvgIpc) is 3.01. The second-order valence-electron chi connectivity index (χ2n) is 7.28. The number of amidine groups is 1. The zero-order valence-corrected chi connectivity index (χ0v) is 19.1. The molecule has 0 radical (unpaired) electrons. The van der Waals surface area contributed by atoms with Crippen molar-refractivity contribution < 1.29 is 13.2 Å². The first-order valence-electron chi connectivity index (χ1n) is 9.93. The Labute approximate surface area is 182 Å². The molecule has 30 heavy (non-hydrogen) atoms. The minimum Gasteiger partial charge on any atom is -0.340 e. The van der Waals surface area contributed by atoms with E-state index in [0.717, 1.165) is 18.4 Å². The Morgan fingerprint density at radius 2 is 1.87 bits per heavy atom. The van der Waals surface area contributed by atoms with Crippen LogP contribution >= 0.6 is 11.8 Å². The maximum Gasteiger partial charge on any atom is 0.263 e. The third kappa shape index (κ3) is 5.05. The van der Waals surface area contributed by atoms with E-state index in [1.807, 2.05) is 30.5 Å². The van der Waals surface area contributed by atoms with Gasteiger partial charge in [-0.25, -0.2) is 8.42 Å². The fraction of sp³-hybridized carbons (Fsp3) is 0.364. The van der Waals surface area contributed by atoms with E-state index in [0.29, 0.717) is 18.5 Å². The highest BCUT2D eigenvalue weighted by Crippen LogP contribution is 2.24. The molecule has 0 spiro atoms. The molecule has 1 amide bonds. The largest absolute Gasteiger partial charge is 0.340 e. The van der Waals surface area contributed by atoms with Gasteiger partial charge >= 0.3 is 0 Å². The summed E-state index contributed by atoms with van der Waals surface area (Å²) in [6, 6.07) is 14.2. The maximum absolute atomic E-state index is 13.2. The molecule has 0 saturated heterocycles. The molecule has 6 nitrogen and oxygen atoms in total. The van der Waals surface area contributed by atoms with Crippen molar-refractivity contribution in [3.8, 4) is 0 Å². The van der Waals surface area contributed by atoms with Crippen LogP contribution in [0.2, 0.25) is 0 Å². The predicted octanol–water partition coefficient (Wildman–Crippen LogP) is 3.66. The maximum atomic E-state index is 13.2. The molecule has 2 aromatic rings. The van der Waals surface area contributed by atoms with Crippen molar-refractivity contribution in [3.63, 3.8) is 0 Å². The van der Waals surface area contributed by atoms with Gasteiger partial charge in [0.1, 0.15) is 11.9 Å². The summed E-state index contributed by atoms with van der Waals surface area (Å²) in [4.78, 5) is 20.8. The van der Waals surface area contributed by atoms with E-state index in [4.69, 9.17) is 0 Å². The summed E-state index contributed by atoms with van der Waals surface area (Å²) in [7, 11) is -1.87. The van der Waals surface area contributed by atoms with Crippen LogP contribution in [-0.4, -0.2) is 44.4 Å². The number of carbonyl (C=O) groups is 1. The second-order valence-corrected chi connectivity index (χ2v) is 9.81. The summed E-state index contributed by atoms with van der Waals surface area (Å²) >= 11 is 1.67. The molecule has 1 aliphatic rings. The highest BCUT2D eigenvalue weighted by molar-refractivity contribution is 7.98. The quantitative estimate of drug-likeness (QED) is 0.629. The monoisotopic (exact) mass is 445 g/mol. The summed E-state index contributed by atoms with van der Waals surface area (Å²) in [5, 5.41) is 0. The number of nitrogens with zero attached hydrogens (tertiary/aromatic N) is 2. The van der Waals surface area contributed by atoms with Crippen molar-refractivity contribution in [2.45, 2.75) is 48.6 Å². The molecule has 160 valence electrons. The Morgan fingerprint density at radius 3 is 2.53 bits per heavy atom. The van der Waals surface area contributed by atoms with Crippen LogP contribution in [0.5, 0.6) is 0 Å². The third-order valence-electron chi connectivity index (χ3n) is 5.02. The Morgan fingerprint density at radius 1 is 1.17 bits per heavy atom. The van der Waals surface area contributed by atoms with Crippen molar-refractivity contribution in [3.05, 3.63) is 59.7 Å². The molecule has 0 aromatic heterocycles. The van der Waals surface area contributed by atoms with Gasteiger partial charge in [-0.2, -0.15) is 0 Å². The molecular formula is C22H27N3O3S2. The van der Waals surface area contributed by atoms with Crippen molar-refractivity contribution >= 4 is 33.5 Å². The number of carbonyl (C=O) groups excluding carboxylic acids is 1. The van der Waals surface area contributed by atoms with Crippen LogP contribution in [0, 0.1) is 0 Å². The van der Waals surface area contributed by atoms with E-state index < -0.39 is 16.1 Å². The SMILES string of the molecule is CCCCC(N=C1NS(=O)(=O)c2ccccc21)C(=O)N(C)Cc1ccc(SC)cc1. The normalized spacial score (nSPS) is 16.7. The van der Waals surface area contributed by atoms with E-state index in [2.05, 4.69) is 16.6 Å². The van der Waals surface area contributed by atoms with Crippen molar-refractivity contribution in [2.24, 2.45) is 4.99 Å². The minimum absolute atomic E-state index is 0.117. The molecule has 1 N–H and O–H groups in total. The number of benzene rings is 2. The van der Waals surface area contributed by atoms with Gasteiger partial charge in [0.15, 0.2) is 0 Å². The Bertz CT molecular complexity index is 1030. The first-order valence-corrected chi connectivity index (χ1v) is 12.6. The van der Waals surface area contributed by atoms with Gasteiger partial charge in [0, 0.05) is 24.1 Å². The smallest absolute Gasteiger partial charge is 0.263 e. The topological polar surface area (TPSA) is 78.8 Å². The molecule has 0 fully saturated rings. The van der Waals surface area contributed by atoms with Crippen molar-refractivity contribution in [1.29, 1.82) is 0 Å². The van der Waals surface area contributed by atoms with Gasteiger partial charge in [-0.3, -0.25) is 14.5 Å². The first-order chi connectivity index (χ1) is 14.4. The fourth-order valence-corrected chi connectivity index (χ4v) is 5.01. The first kappa shape index (κ1) is 22.4. The number of hydrogen-bond acceptors (Lipinski definition) is 5. The van der Waals surface area contributed by atoms with E-state index >= 15 is 0 Å². The van der Waals surface area contributed by atoms with Gasteiger partial charge in [0.05, 0.1) is 4.90 Å². The minimum atomic E-state index is -3.63. The summed E-state index contributed by atoms with van der Waals surface area (Å²) in [6.45, 7) is 2.53. The van der Waals surface area contributed by atoms with Crippen LogP contribution in [0.4, 0.5) is 0 Å². The molecule has 8 heteroatoms. The molecule has 0 aliphatic carbocycles. The second kappa shape index (κ2) is 9.66. The Balaban J connectivity index is 1.83. The molecule has 0 bridgehead atoms. The number of likely N-dealkylation sites (N-methyl/N-ethyl adjacent to an activating group) is 1. The van der Waals surface area contributed by atoms with Gasteiger partial charge < -0.3 is 4.90 Å². The average molecular weight is 446 g/mol.